The van der Waals surface area contributed by atoms with Crippen LogP contribution in [0.5, 0.6) is 5.75 Å². The van der Waals surface area contributed by atoms with Gasteiger partial charge in [0.15, 0.2) is 11.4 Å². The van der Waals surface area contributed by atoms with E-state index < -0.39 is 0 Å². The smallest absolute Gasteiger partial charge is 0.242 e. The third-order valence-corrected chi connectivity index (χ3v) is 3.92. The lowest BCUT2D eigenvalue weighted by Crippen LogP contribution is -2.33. The number of amides is 1. The van der Waals surface area contributed by atoms with Crippen LogP contribution >= 0.6 is 0 Å². The number of carbonyl (C=O) groups is 1. The lowest BCUT2D eigenvalue weighted by molar-refractivity contribution is -0.132. The number of hydrogen-bond acceptors (Lipinski definition) is 5. The van der Waals surface area contributed by atoms with Gasteiger partial charge in [-0.3, -0.25) is 4.79 Å². The van der Waals surface area contributed by atoms with Crippen LogP contribution in [0.25, 0.3) is 0 Å². The van der Waals surface area contributed by atoms with Gasteiger partial charge in [0, 0.05) is 12.6 Å². The number of hydrogen-bond donors (Lipinski definition) is 0. The van der Waals surface area contributed by atoms with Gasteiger partial charge in [0.05, 0.1) is 19.5 Å². The third kappa shape index (κ3) is 3.21. The largest absolute Gasteiger partial charge is 0.496 e. The van der Waals surface area contributed by atoms with Crippen molar-refractivity contribution >= 4 is 5.91 Å². The fourth-order valence-corrected chi connectivity index (χ4v) is 2.39. The van der Waals surface area contributed by atoms with E-state index in [1.54, 1.807) is 19.1 Å². The van der Waals surface area contributed by atoms with Gasteiger partial charge in [-0.25, -0.2) is 4.98 Å². The molecule has 0 radical (unpaired) electrons. The Balaban J connectivity index is 2.20. The van der Waals surface area contributed by atoms with Gasteiger partial charge >= 0.3 is 0 Å². The Bertz CT molecular complexity index is 828. The van der Waals surface area contributed by atoms with Gasteiger partial charge in [-0.2, -0.15) is 10.5 Å². The van der Waals surface area contributed by atoms with Crippen LogP contribution in [0.2, 0.25) is 0 Å². The Kier molecular flexibility index (Phi) is 5.18. The molecule has 1 aromatic heterocycles. The van der Waals surface area contributed by atoms with Crippen LogP contribution in [0.1, 0.15) is 29.9 Å². The molecule has 122 valence electrons. The van der Waals surface area contributed by atoms with Crippen molar-refractivity contribution in [2.45, 2.75) is 19.5 Å². The number of rotatable bonds is 5. The molecule has 1 heterocycles. The molecule has 0 bridgehead atoms. The molecule has 7 heteroatoms. The Labute approximate surface area is 140 Å². The Morgan fingerprint density at radius 3 is 2.71 bits per heavy atom. The number of nitrogens with zero attached hydrogens (tertiary/aromatic N) is 5. The number of ether oxygens (including phenoxy) is 1. The van der Waals surface area contributed by atoms with E-state index in [0.29, 0.717) is 5.75 Å². The summed E-state index contributed by atoms with van der Waals surface area (Å²) in [4.78, 5) is 17.9. The number of para-hydroxylation sites is 1. The van der Waals surface area contributed by atoms with E-state index in [1.807, 2.05) is 43.3 Å². The first-order valence-corrected chi connectivity index (χ1v) is 7.27. The molecule has 1 aromatic carbocycles. The second-order valence-corrected chi connectivity index (χ2v) is 5.22. The van der Waals surface area contributed by atoms with Crippen molar-refractivity contribution in [3.63, 3.8) is 0 Å². The van der Waals surface area contributed by atoms with Gasteiger partial charge in [0.2, 0.25) is 5.91 Å². The molecule has 24 heavy (non-hydrogen) atoms. The first-order valence-electron chi connectivity index (χ1n) is 7.27. The van der Waals surface area contributed by atoms with E-state index in [2.05, 4.69) is 4.98 Å². The number of aromatic nitrogens is 2. The molecule has 0 saturated carbocycles. The van der Waals surface area contributed by atoms with Crippen molar-refractivity contribution in [3.8, 4) is 17.9 Å². The minimum atomic E-state index is -0.210. The normalized spacial score (nSPS) is 11.2. The molecule has 2 rings (SSSR count). The van der Waals surface area contributed by atoms with E-state index in [4.69, 9.17) is 15.3 Å². The minimum Gasteiger partial charge on any atom is -0.496 e. The summed E-state index contributed by atoms with van der Waals surface area (Å²) in [5.74, 6) is 0.503. The first kappa shape index (κ1) is 17.0. The SMILES string of the molecule is COc1ccccc1C(C)N(C)C(=O)Cn1cnc(C#N)c1C#N. The summed E-state index contributed by atoms with van der Waals surface area (Å²) < 4.78 is 6.72. The minimum absolute atomic E-state index is 0.0192. The van der Waals surface area contributed by atoms with Crippen LogP contribution in [-0.4, -0.2) is 34.5 Å². The van der Waals surface area contributed by atoms with Gasteiger partial charge in [0.25, 0.3) is 0 Å². The highest BCUT2D eigenvalue weighted by molar-refractivity contribution is 5.76. The van der Waals surface area contributed by atoms with Crippen molar-refractivity contribution in [2.24, 2.45) is 0 Å². The van der Waals surface area contributed by atoms with Gasteiger partial charge < -0.3 is 14.2 Å². The van der Waals surface area contributed by atoms with Gasteiger partial charge in [-0.15, -0.1) is 0 Å². The van der Waals surface area contributed by atoms with Crippen molar-refractivity contribution in [2.75, 3.05) is 14.2 Å². The highest BCUT2D eigenvalue weighted by Gasteiger charge is 2.22. The average Bonchev–Trinajstić information content (AvgIpc) is 3.01. The predicted molar refractivity (Wildman–Crippen MR) is 85.8 cm³/mol. The number of nitriles is 2. The number of imidazole rings is 1. The second kappa shape index (κ2) is 7.30. The Morgan fingerprint density at radius 1 is 1.38 bits per heavy atom. The summed E-state index contributed by atoms with van der Waals surface area (Å²) in [5, 5.41) is 18.0. The summed E-state index contributed by atoms with van der Waals surface area (Å²) in [6.45, 7) is 1.84. The zero-order chi connectivity index (χ0) is 17.7. The monoisotopic (exact) mass is 323 g/mol. The van der Waals surface area contributed by atoms with E-state index in [1.165, 1.54) is 10.9 Å². The topological polar surface area (TPSA) is 94.9 Å². The van der Waals surface area contributed by atoms with Crippen LogP contribution in [0, 0.1) is 22.7 Å². The summed E-state index contributed by atoms with van der Waals surface area (Å²) >= 11 is 0. The van der Waals surface area contributed by atoms with Crippen molar-refractivity contribution in [1.29, 1.82) is 10.5 Å². The zero-order valence-electron chi connectivity index (χ0n) is 13.7. The molecular formula is C17H17N5O2. The van der Waals surface area contributed by atoms with Crippen LogP contribution in [0.4, 0.5) is 0 Å². The van der Waals surface area contributed by atoms with E-state index in [0.717, 1.165) is 5.56 Å². The molecule has 1 unspecified atom stereocenters. The van der Waals surface area contributed by atoms with Crippen LogP contribution in [0.3, 0.4) is 0 Å². The third-order valence-electron chi connectivity index (χ3n) is 3.92. The zero-order valence-corrected chi connectivity index (χ0v) is 13.7. The van der Waals surface area contributed by atoms with Gasteiger partial charge in [0.1, 0.15) is 24.4 Å². The maximum Gasteiger partial charge on any atom is 0.242 e. The summed E-state index contributed by atoms with van der Waals surface area (Å²) in [5.41, 5.74) is 0.995. The molecule has 0 spiro atoms. The molecule has 7 nitrogen and oxygen atoms in total. The number of methoxy groups -OCH3 is 1. The van der Waals surface area contributed by atoms with Gasteiger partial charge in [-0.05, 0) is 13.0 Å². The number of carbonyl (C=O) groups excluding carboxylic acids is 1. The summed E-state index contributed by atoms with van der Waals surface area (Å²) in [7, 11) is 3.27. The maximum absolute atomic E-state index is 12.5. The molecule has 0 aliphatic rings. The van der Waals surface area contributed by atoms with Crippen molar-refractivity contribution < 1.29 is 9.53 Å². The molecular weight excluding hydrogens is 306 g/mol. The van der Waals surface area contributed by atoms with E-state index in [9.17, 15) is 4.79 Å². The van der Waals surface area contributed by atoms with Crippen LogP contribution in [-0.2, 0) is 11.3 Å². The van der Waals surface area contributed by atoms with Gasteiger partial charge in [-0.1, -0.05) is 18.2 Å². The molecule has 0 saturated heterocycles. The highest BCUT2D eigenvalue weighted by atomic mass is 16.5. The Hall–Kier alpha value is -3.32. The average molecular weight is 323 g/mol. The Morgan fingerprint density at radius 2 is 2.08 bits per heavy atom. The molecule has 1 atom stereocenters. The van der Waals surface area contributed by atoms with Crippen LogP contribution < -0.4 is 4.74 Å². The quantitative estimate of drug-likeness (QED) is 0.837. The maximum atomic E-state index is 12.5. The van der Waals surface area contributed by atoms with E-state index >= 15 is 0 Å². The molecule has 0 N–H and O–H groups in total. The molecule has 0 aliphatic carbocycles. The van der Waals surface area contributed by atoms with Crippen LogP contribution in [0.15, 0.2) is 30.6 Å². The lowest BCUT2D eigenvalue weighted by Gasteiger charge is -2.26. The van der Waals surface area contributed by atoms with Crippen molar-refractivity contribution in [1.82, 2.24) is 14.5 Å². The molecule has 0 aliphatic heterocycles. The van der Waals surface area contributed by atoms with E-state index in [-0.39, 0.29) is 29.9 Å². The fraction of sp³-hybridized carbons (Fsp3) is 0.294. The summed E-state index contributed by atoms with van der Waals surface area (Å²) in [6.07, 6.45) is 1.33. The number of likely N-dealkylation sites (N-methyl/N-ethyl adjacent to an activating group) is 1. The molecule has 0 fully saturated rings. The second-order valence-electron chi connectivity index (χ2n) is 5.22. The van der Waals surface area contributed by atoms with Crippen molar-refractivity contribution in [3.05, 3.63) is 47.5 Å². The summed E-state index contributed by atoms with van der Waals surface area (Å²) in [6, 6.07) is 11.0. The lowest BCUT2D eigenvalue weighted by atomic mass is 10.1. The highest BCUT2D eigenvalue weighted by Crippen LogP contribution is 2.28. The number of benzene rings is 1. The first-order chi connectivity index (χ1) is 11.5. The predicted octanol–water partition coefficient (Wildman–Crippen LogP) is 1.85. The molecule has 1 amide bonds. The fourth-order valence-electron chi connectivity index (χ4n) is 2.39. The standard InChI is InChI=1S/C17H17N5O2/c1-12(13-6-4-5-7-16(13)24-3)21(2)17(23)10-22-11-20-14(8-18)15(22)9-19/h4-7,11-12H,10H2,1-3H3. The molecule has 2 aromatic rings.